The molecule has 6 heteroatoms. The fraction of sp³-hybridized carbons (Fsp3) is 0.308. The van der Waals surface area contributed by atoms with Crippen LogP contribution < -0.4 is 4.74 Å². The van der Waals surface area contributed by atoms with Crippen LogP contribution in [0.25, 0.3) is 0 Å². The Hall–Kier alpha value is -1.88. The van der Waals surface area contributed by atoms with Crippen molar-refractivity contribution in [3.8, 4) is 5.75 Å². The Morgan fingerprint density at radius 2 is 2.26 bits per heavy atom. The van der Waals surface area contributed by atoms with Crippen LogP contribution in [0, 0.1) is 0 Å². The molecule has 0 saturated heterocycles. The smallest absolute Gasteiger partial charge is 0.264 e. The lowest BCUT2D eigenvalue weighted by molar-refractivity contribution is 0.111. The average Bonchev–Trinajstić information content (AvgIpc) is 2.86. The second kappa shape index (κ2) is 5.84. The van der Waals surface area contributed by atoms with Gasteiger partial charge < -0.3 is 9.26 Å². The molecule has 19 heavy (non-hydrogen) atoms. The normalized spacial score (nSPS) is 10.7. The van der Waals surface area contributed by atoms with Gasteiger partial charge in [-0.25, -0.2) is 0 Å². The lowest BCUT2D eigenvalue weighted by Crippen LogP contribution is -2.00. The number of carbonyl (C=O) groups is 1. The zero-order chi connectivity index (χ0) is 13.8. The molecule has 100 valence electrons. The van der Waals surface area contributed by atoms with Gasteiger partial charge in [0.05, 0.1) is 10.6 Å². The van der Waals surface area contributed by atoms with E-state index in [2.05, 4.69) is 10.1 Å². The van der Waals surface area contributed by atoms with Crippen molar-refractivity contribution in [1.29, 1.82) is 0 Å². The lowest BCUT2D eigenvalue weighted by Gasteiger charge is -2.07. The number of aromatic nitrogens is 2. The van der Waals surface area contributed by atoms with Crippen LogP contribution in [-0.4, -0.2) is 16.4 Å². The fourth-order valence-corrected chi connectivity index (χ4v) is 1.70. The van der Waals surface area contributed by atoms with Crippen molar-refractivity contribution in [3.63, 3.8) is 0 Å². The molecule has 1 aromatic carbocycles. The van der Waals surface area contributed by atoms with E-state index >= 15 is 0 Å². The Kier molecular flexibility index (Phi) is 4.16. The number of nitrogens with zero attached hydrogens (tertiary/aromatic N) is 2. The molecule has 0 aliphatic carbocycles. The Balaban J connectivity index is 2.12. The van der Waals surface area contributed by atoms with Crippen molar-refractivity contribution in [2.45, 2.75) is 26.4 Å². The molecular formula is C13H13ClN2O3. The van der Waals surface area contributed by atoms with Gasteiger partial charge in [0, 0.05) is 5.92 Å². The summed E-state index contributed by atoms with van der Waals surface area (Å²) in [5.41, 5.74) is 0.385. The number of para-hydroxylation sites is 1. The van der Waals surface area contributed by atoms with Gasteiger partial charge in [0.25, 0.3) is 5.89 Å². The molecule has 0 amide bonds. The first-order chi connectivity index (χ1) is 9.11. The Bertz CT molecular complexity index is 581. The molecule has 2 aromatic rings. The molecule has 0 aliphatic heterocycles. The molecule has 0 saturated carbocycles. The zero-order valence-electron chi connectivity index (χ0n) is 10.6. The van der Waals surface area contributed by atoms with Crippen LogP contribution in [0.5, 0.6) is 5.75 Å². The minimum Gasteiger partial charge on any atom is -0.481 e. The number of halogens is 1. The van der Waals surface area contributed by atoms with Crippen LogP contribution in [-0.2, 0) is 6.61 Å². The van der Waals surface area contributed by atoms with Crippen molar-refractivity contribution in [2.75, 3.05) is 0 Å². The van der Waals surface area contributed by atoms with E-state index in [0.717, 1.165) is 0 Å². The van der Waals surface area contributed by atoms with E-state index in [1.807, 2.05) is 13.8 Å². The molecule has 0 aliphatic rings. The Morgan fingerprint density at radius 1 is 1.47 bits per heavy atom. The van der Waals surface area contributed by atoms with Crippen molar-refractivity contribution in [2.24, 2.45) is 0 Å². The Morgan fingerprint density at radius 3 is 2.89 bits per heavy atom. The molecule has 0 N–H and O–H groups in total. The minimum atomic E-state index is 0.0737. The highest BCUT2D eigenvalue weighted by Gasteiger charge is 2.12. The number of carbonyl (C=O) groups excluding carboxylic acids is 1. The molecule has 0 spiro atoms. The quantitative estimate of drug-likeness (QED) is 0.787. The van der Waals surface area contributed by atoms with Gasteiger partial charge in [-0.05, 0) is 12.1 Å². The highest BCUT2D eigenvalue weighted by atomic mass is 35.5. The van der Waals surface area contributed by atoms with Crippen molar-refractivity contribution >= 4 is 17.9 Å². The second-order valence-corrected chi connectivity index (χ2v) is 4.67. The first kappa shape index (κ1) is 13.5. The summed E-state index contributed by atoms with van der Waals surface area (Å²) in [4.78, 5) is 15.1. The summed E-state index contributed by atoms with van der Waals surface area (Å²) in [6.07, 6.45) is 0.689. The van der Waals surface area contributed by atoms with Gasteiger partial charge in [0.1, 0.15) is 5.75 Å². The van der Waals surface area contributed by atoms with E-state index < -0.39 is 0 Å². The first-order valence-electron chi connectivity index (χ1n) is 5.80. The zero-order valence-corrected chi connectivity index (χ0v) is 11.3. The molecule has 2 rings (SSSR count). The van der Waals surface area contributed by atoms with Gasteiger partial charge in [-0.1, -0.05) is 36.7 Å². The number of rotatable bonds is 5. The minimum absolute atomic E-state index is 0.0737. The van der Waals surface area contributed by atoms with E-state index in [4.69, 9.17) is 20.9 Å². The highest BCUT2D eigenvalue weighted by molar-refractivity contribution is 6.32. The van der Waals surface area contributed by atoms with Crippen LogP contribution in [0.3, 0.4) is 0 Å². The molecular weight excluding hydrogens is 268 g/mol. The third-order valence-electron chi connectivity index (χ3n) is 2.46. The molecule has 5 nitrogen and oxygen atoms in total. The predicted octanol–water partition coefficient (Wildman–Crippen LogP) is 3.24. The molecule has 0 bridgehead atoms. The van der Waals surface area contributed by atoms with E-state index in [-0.39, 0.29) is 12.5 Å². The summed E-state index contributed by atoms with van der Waals surface area (Å²) in [5.74, 6) is 1.47. The van der Waals surface area contributed by atoms with Crippen LogP contribution in [0.2, 0.25) is 5.02 Å². The van der Waals surface area contributed by atoms with Crippen molar-refractivity contribution in [3.05, 3.63) is 40.5 Å². The summed E-state index contributed by atoms with van der Waals surface area (Å²) >= 11 is 5.98. The highest BCUT2D eigenvalue weighted by Crippen LogP contribution is 2.28. The standard InChI is InChI=1S/C13H13ClN2O3/c1-8(2)13-15-11(19-16-13)7-18-12-9(6-17)4-3-5-10(12)14/h3-6,8H,7H2,1-2H3. The molecule has 0 atom stereocenters. The van der Waals surface area contributed by atoms with Crippen LogP contribution in [0.4, 0.5) is 0 Å². The number of benzene rings is 1. The van der Waals surface area contributed by atoms with E-state index in [0.29, 0.717) is 34.3 Å². The van der Waals surface area contributed by atoms with Crippen LogP contribution >= 0.6 is 11.6 Å². The summed E-state index contributed by atoms with van der Waals surface area (Å²) in [6, 6.07) is 4.96. The Labute approximate surface area is 115 Å². The first-order valence-corrected chi connectivity index (χ1v) is 6.18. The van der Waals surface area contributed by atoms with Crippen LogP contribution in [0.1, 0.15) is 41.8 Å². The number of hydrogen-bond acceptors (Lipinski definition) is 5. The van der Waals surface area contributed by atoms with Crippen molar-refractivity contribution in [1.82, 2.24) is 10.1 Å². The number of aldehydes is 1. The maximum atomic E-state index is 10.9. The maximum Gasteiger partial charge on any atom is 0.264 e. The summed E-state index contributed by atoms with van der Waals surface area (Å²) in [6.45, 7) is 4.01. The van der Waals surface area contributed by atoms with Gasteiger partial charge >= 0.3 is 0 Å². The monoisotopic (exact) mass is 280 g/mol. The van der Waals surface area contributed by atoms with Crippen LogP contribution in [0.15, 0.2) is 22.7 Å². The SMILES string of the molecule is CC(C)c1noc(COc2c(Cl)cccc2C=O)n1. The summed E-state index contributed by atoms with van der Waals surface area (Å²) < 4.78 is 10.5. The van der Waals surface area contributed by atoms with Gasteiger partial charge in [-0.3, -0.25) is 4.79 Å². The average molecular weight is 281 g/mol. The second-order valence-electron chi connectivity index (χ2n) is 4.27. The fourth-order valence-electron chi connectivity index (χ4n) is 1.47. The summed E-state index contributed by atoms with van der Waals surface area (Å²) in [7, 11) is 0. The maximum absolute atomic E-state index is 10.9. The van der Waals surface area contributed by atoms with Gasteiger partial charge in [-0.2, -0.15) is 4.98 Å². The van der Waals surface area contributed by atoms with E-state index in [1.165, 1.54) is 0 Å². The van der Waals surface area contributed by atoms with Crippen molar-refractivity contribution < 1.29 is 14.1 Å². The largest absolute Gasteiger partial charge is 0.481 e. The van der Waals surface area contributed by atoms with Gasteiger partial charge in [0.15, 0.2) is 18.7 Å². The topological polar surface area (TPSA) is 65.2 Å². The van der Waals surface area contributed by atoms with Gasteiger partial charge in [0.2, 0.25) is 0 Å². The molecule has 1 aromatic heterocycles. The molecule has 1 heterocycles. The molecule has 0 fully saturated rings. The van der Waals surface area contributed by atoms with Gasteiger partial charge in [-0.15, -0.1) is 0 Å². The third kappa shape index (κ3) is 3.12. The van der Waals surface area contributed by atoms with E-state index in [9.17, 15) is 4.79 Å². The van der Waals surface area contributed by atoms with E-state index in [1.54, 1.807) is 18.2 Å². The number of ether oxygens (including phenoxy) is 1. The number of hydrogen-bond donors (Lipinski definition) is 0. The third-order valence-corrected chi connectivity index (χ3v) is 2.76. The summed E-state index contributed by atoms with van der Waals surface area (Å²) in [5, 5.41) is 4.19. The molecule has 0 radical (unpaired) electrons. The predicted molar refractivity (Wildman–Crippen MR) is 69.6 cm³/mol. The molecule has 0 unspecified atom stereocenters. The lowest BCUT2D eigenvalue weighted by atomic mass is 10.2.